The summed E-state index contributed by atoms with van der Waals surface area (Å²) in [6, 6.07) is 18.6. The highest BCUT2D eigenvalue weighted by atomic mass is 19.1. The molecule has 3 heterocycles. The number of nitrogens with zero attached hydrogens (tertiary/aromatic N) is 4. The van der Waals surface area contributed by atoms with Gasteiger partial charge in [0.25, 0.3) is 0 Å². The van der Waals surface area contributed by atoms with Crippen molar-refractivity contribution >= 4 is 17.2 Å². The van der Waals surface area contributed by atoms with E-state index in [-0.39, 0.29) is 18.1 Å². The molecule has 2 aromatic carbocycles. The van der Waals surface area contributed by atoms with E-state index in [9.17, 15) is 9.18 Å². The van der Waals surface area contributed by atoms with Gasteiger partial charge in [-0.3, -0.25) is 4.79 Å². The summed E-state index contributed by atoms with van der Waals surface area (Å²) in [5, 5.41) is 0. The number of hydrogen-bond donors (Lipinski definition) is 0. The van der Waals surface area contributed by atoms with E-state index < -0.39 is 5.92 Å². The summed E-state index contributed by atoms with van der Waals surface area (Å²) >= 11 is 0. The van der Waals surface area contributed by atoms with Crippen LogP contribution in [0, 0.1) is 12.7 Å². The number of para-hydroxylation sites is 2. The van der Waals surface area contributed by atoms with Crippen molar-refractivity contribution in [1.82, 2.24) is 14.3 Å². The van der Waals surface area contributed by atoms with Crippen LogP contribution in [0.25, 0.3) is 5.65 Å². The zero-order valence-electron chi connectivity index (χ0n) is 20.0. The van der Waals surface area contributed by atoms with Crippen LogP contribution in [0.4, 0.5) is 10.1 Å². The first-order valence-corrected chi connectivity index (χ1v) is 11.9. The largest absolute Gasteiger partial charge is 0.495 e. The van der Waals surface area contributed by atoms with Crippen LogP contribution in [-0.2, 0) is 4.79 Å². The number of imidazole rings is 1. The van der Waals surface area contributed by atoms with Gasteiger partial charge in [-0.05, 0) is 42.3 Å². The van der Waals surface area contributed by atoms with Crippen LogP contribution in [0.2, 0.25) is 0 Å². The van der Waals surface area contributed by atoms with Gasteiger partial charge in [0, 0.05) is 50.9 Å². The lowest BCUT2D eigenvalue weighted by atomic mass is 9.91. The van der Waals surface area contributed by atoms with Gasteiger partial charge in [0.2, 0.25) is 5.91 Å². The molecular weight excluding hydrogens is 443 g/mol. The molecule has 0 radical (unpaired) electrons. The molecule has 0 saturated carbocycles. The van der Waals surface area contributed by atoms with Gasteiger partial charge in [-0.15, -0.1) is 0 Å². The second-order valence-electron chi connectivity index (χ2n) is 8.89. The number of methoxy groups -OCH3 is 1. The minimum absolute atomic E-state index is 0.0144. The van der Waals surface area contributed by atoms with Crippen molar-refractivity contribution in [2.75, 3.05) is 38.2 Å². The minimum Gasteiger partial charge on any atom is -0.495 e. The van der Waals surface area contributed by atoms with E-state index in [0.717, 1.165) is 28.3 Å². The van der Waals surface area contributed by atoms with Crippen LogP contribution in [-0.4, -0.2) is 53.5 Å². The van der Waals surface area contributed by atoms with Crippen LogP contribution in [0.3, 0.4) is 0 Å². The Kier molecular flexibility index (Phi) is 6.40. The summed E-state index contributed by atoms with van der Waals surface area (Å²) in [7, 11) is 1.67. The Hall–Kier alpha value is -3.87. The molecule has 1 saturated heterocycles. The number of benzene rings is 2. The molecule has 6 nitrogen and oxygen atoms in total. The van der Waals surface area contributed by atoms with Crippen molar-refractivity contribution in [1.29, 1.82) is 0 Å². The summed E-state index contributed by atoms with van der Waals surface area (Å²) in [6.07, 6.45) is 3.87. The molecule has 0 aliphatic carbocycles. The minimum atomic E-state index is -0.437. The molecule has 1 aliphatic heterocycles. The van der Waals surface area contributed by atoms with Gasteiger partial charge in [-0.1, -0.05) is 36.4 Å². The topological polar surface area (TPSA) is 50.1 Å². The van der Waals surface area contributed by atoms with Crippen LogP contribution in [0.1, 0.15) is 29.2 Å². The average molecular weight is 473 g/mol. The summed E-state index contributed by atoms with van der Waals surface area (Å²) < 4.78 is 22.4. The Labute approximate surface area is 204 Å². The van der Waals surface area contributed by atoms with E-state index in [1.54, 1.807) is 25.4 Å². The lowest BCUT2D eigenvalue weighted by Gasteiger charge is -2.37. The van der Waals surface area contributed by atoms with Gasteiger partial charge < -0.3 is 18.9 Å². The standard InChI is InChI=1S/C28H29FN4O2/c1-20-8-7-13-33-25(19-30-28(20)33)22(21-9-3-4-10-23(21)29)18-27(34)32-16-14-31(15-17-32)24-11-5-6-12-26(24)35-2/h3-13,19,22H,14-18H2,1-2H3. The lowest BCUT2D eigenvalue weighted by Crippen LogP contribution is -2.49. The SMILES string of the molecule is COc1ccccc1N1CCN(C(=O)CC(c2ccccc2F)c2cnc3c(C)cccn23)CC1. The van der Waals surface area contributed by atoms with E-state index in [4.69, 9.17) is 4.74 Å². The molecule has 180 valence electrons. The smallest absolute Gasteiger partial charge is 0.223 e. The predicted molar refractivity (Wildman–Crippen MR) is 135 cm³/mol. The third-order valence-corrected chi connectivity index (χ3v) is 6.83. The molecule has 7 heteroatoms. The number of aryl methyl sites for hydroxylation is 1. The monoisotopic (exact) mass is 472 g/mol. The summed E-state index contributed by atoms with van der Waals surface area (Å²) in [4.78, 5) is 22.2. The lowest BCUT2D eigenvalue weighted by molar-refractivity contribution is -0.131. The molecule has 2 aromatic heterocycles. The highest BCUT2D eigenvalue weighted by Gasteiger charge is 2.29. The van der Waals surface area contributed by atoms with E-state index in [1.165, 1.54) is 6.07 Å². The number of carbonyl (C=O) groups is 1. The van der Waals surface area contributed by atoms with E-state index >= 15 is 0 Å². The normalized spacial score (nSPS) is 14.8. The predicted octanol–water partition coefficient (Wildman–Crippen LogP) is 4.66. The Morgan fingerprint density at radius 2 is 1.77 bits per heavy atom. The van der Waals surface area contributed by atoms with Crippen LogP contribution in [0.15, 0.2) is 73.1 Å². The Balaban J connectivity index is 1.38. The zero-order valence-corrected chi connectivity index (χ0v) is 20.0. The fourth-order valence-electron chi connectivity index (χ4n) is 4.95. The number of anilines is 1. The molecule has 1 unspecified atom stereocenters. The molecule has 0 N–H and O–H groups in total. The molecule has 1 atom stereocenters. The zero-order chi connectivity index (χ0) is 24.4. The van der Waals surface area contributed by atoms with Crippen molar-refractivity contribution < 1.29 is 13.9 Å². The number of rotatable bonds is 6. The van der Waals surface area contributed by atoms with Gasteiger partial charge in [-0.25, -0.2) is 9.37 Å². The van der Waals surface area contributed by atoms with Crippen LogP contribution in [0.5, 0.6) is 5.75 Å². The summed E-state index contributed by atoms with van der Waals surface area (Å²) in [6.45, 7) is 4.63. The van der Waals surface area contributed by atoms with Crippen molar-refractivity contribution in [3.63, 3.8) is 0 Å². The summed E-state index contributed by atoms with van der Waals surface area (Å²) in [5.41, 5.74) is 4.21. The highest BCUT2D eigenvalue weighted by molar-refractivity contribution is 5.78. The first kappa shape index (κ1) is 22.9. The Bertz CT molecular complexity index is 1340. The molecule has 5 rings (SSSR count). The molecule has 35 heavy (non-hydrogen) atoms. The van der Waals surface area contributed by atoms with Crippen molar-refractivity contribution in [3.05, 3.63) is 95.7 Å². The number of halogens is 1. The summed E-state index contributed by atoms with van der Waals surface area (Å²) in [5.74, 6) is 0.0944. The van der Waals surface area contributed by atoms with Gasteiger partial charge in [0.1, 0.15) is 17.2 Å². The van der Waals surface area contributed by atoms with E-state index in [0.29, 0.717) is 31.7 Å². The molecule has 1 aliphatic rings. The maximum Gasteiger partial charge on any atom is 0.223 e. The molecule has 0 bridgehead atoms. The average Bonchev–Trinajstić information content (AvgIpc) is 3.33. The number of hydrogen-bond acceptors (Lipinski definition) is 4. The highest BCUT2D eigenvalue weighted by Crippen LogP contribution is 2.33. The van der Waals surface area contributed by atoms with Gasteiger partial charge in [-0.2, -0.15) is 0 Å². The Morgan fingerprint density at radius 3 is 2.54 bits per heavy atom. The van der Waals surface area contributed by atoms with Gasteiger partial charge in [0.05, 0.1) is 18.5 Å². The fraction of sp³-hybridized carbons (Fsp3) is 0.286. The third-order valence-electron chi connectivity index (χ3n) is 6.83. The van der Waals surface area contributed by atoms with Crippen molar-refractivity contribution in [2.24, 2.45) is 0 Å². The Morgan fingerprint density at radius 1 is 1.03 bits per heavy atom. The fourth-order valence-corrected chi connectivity index (χ4v) is 4.95. The number of amides is 1. The quantitative estimate of drug-likeness (QED) is 0.410. The number of pyridine rings is 1. The van der Waals surface area contributed by atoms with Gasteiger partial charge >= 0.3 is 0 Å². The first-order valence-electron chi connectivity index (χ1n) is 11.9. The number of fused-ring (bicyclic) bond motifs is 1. The van der Waals surface area contributed by atoms with Crippen molar-refractivity contribution in [3.8, 4) is 5.75 Å². The maximum atomic E-state index is 14.9. The second kappa shape index (κ2) is 9.78. The second-order valence-corrected chi connectivity index (χ2v) is 8.89. The van der Waals surface area contributed by atoms with E-state index in [1.807, 2.05) is 64.9 Å². The van der Waals surface area contributed by atoms with Gasteiger partial charge in [0.15, 0.2) is 0 Å². The molecule has 0 spiro atoms. The molecular formula is C28H29FN4O2. The molecule has 1 amide bonds. The maximum absolute atomic E-state index is 14.9. The molecule has 4 aromatic rings. The number of aromatic nitrogens is 2. The van der Waals surface area contributed by atoms with E-state index in [2.05, 4.69) is 9.88 Å². The molecule has 1 fully saturated rings. The first-order chi connectivity index (χ1) is 17.1. The number of ether oxygens (including phenoxy) is 1. The number of piperazine rings is 1. The third kappa shape index (κ3) is 4.46. The van der Waals surface area contributed by atoms with Crippen LogP contribution >= 0.6 is 0 Å². The van der Waals surface area contributed by atoms with Crippen molar-refractivity contribution in [2.45, 2.75) is 19.3 Å². The number of carbonyl (C=O) groups excluding carboxylic acids is 1. The van der Waals surface area contributed by atoms with Crippen LogP contribution < -0.4 is 9.64 Å².